The fourth-order valence-corrected chi connectivity index (χ4v) is 2.55. The highest BCUT2D eigenvalue weighted by Crippen LogP contribution is 2.19. The molecule has 1 unspecified atom stereocenters. The highest BCUT2D eigenvalue weighted by molar-refractivity contribution is 5.94. The van der Waals surface area contributed by atoms with Gasteiger partial charge in [-0.25, -0.2) is 4.39 Å². The molecule has 0 aliphatic heterocycles. The van der Waals surface area contributed by atoms with Crippen molar-refractivity contribution in [1.82, 2.24) is 15.3 Å². The first-order valence-electron chi connectivity index (χ1n) is 7.72. The van der Waals surface area contributed by atoms with Crippen LogP contribution in [0.1, 0.15) is 33.2 Å². The summed E-state index contributed by atoms with van der Waals surface area (Å²) in [6, 6.07) is 11.6. The van der Waals surface area contributed by atoms with E-state index in [0.29, 0.717) is 12.0 Å². The largest absolute Gasteiger partial charge is 0.367 e. The molecule has 0 saturated carbocycles. The van der Waals surface area contributed by atoms with Crippen LogP contribution in [0, 0.1) is 12.7 Å². The van der Waals surface area contributed by atoms with Gasteiger partial charge in [0, 0.05) is 24.3 Å². The van der Waals surface area contributed by atoms with E-state index >= 15 is 0 Å². The Morgan fingerprint density at radius 3 is 2.83 bits per heavy atom. The number of aromatic nitrogens is 2. The van der Waals surface area contributed by atoms with Gasteiger partial charge in [-0.05, 0) is 54.8 Å². The molecule has 5 heteroatoms. The molecule has 4 nitrogen and oxygen atoms in total. The fraction of sp³-hybridized carbons (Fsp3) is 0.158. The van der Waals surface area contributed by atoms with E-state index < -0.39 is 0 Å². The van der Waals surface area contributed by atoms with Gasteiger partial charge in [0.1, 0.15) is 5.82 Å². The van der Waals surface area contributed by atoms with Crippen LogP contribution >= 0.6 is 0 Å². The van der Waals surface area contributed by atoms with E-state index in [2.05, 4.69) is 15.3 Å². The Balaban J connectivity index is 1.80. The standard InChI is InChI=1S/C19H18FN3O/c1-13-5-6-16(12-22-13)19(24)23-18(15-7-8-21-11-15)10-14-3-2-4-17(20)9-14/h2-9,11-12,18,21H,10H2,1H3,(H,23,24). The minimum absolute atomic E-state index is 0.204. The van der Waals surface area contributed by atoms with Crippen molar-refractivity contribution in [3.8, 4) is 0 Å². The zero-order valence-corrected chi connectivity index (χ0v) is 13.3. The molecule has 3 rings (SSSR count). The van der Waals surface area contributed by atoms with E-state index in [1.165, 1.54) is 12.1 Å². The van der Waals surface area contributed by atoms with Gasteiger partial charge >= 0.3 is 0 Å². The van der Waals surface area contributed by atoms with Crippen LogP contribution in [0.3, 0.4) is 0 Å². The molecule has 122 valence electrons. The molecule has 24 heavy (non-hydrogen) atoms. The first kappa shape index (κ1) is 15.9. The summed E-state index contributed by atoms with van der Waals surface area (Å²) < 4.78 is 13.4. The zero-order chi connectivity index (χ0) is 16.9. The number of nitrogens with zero attached hydrogens (tertiary/aromatic N) is 1. The summed E-state index contributed by atoms with van der Waals surface area (Å²) in [4.78, 5) is 19.6. The highest BCUT2D eigenvalue weighted by atomic mass is 19.1. The number of halogens is 1. The van der Waals surface area contributed by atoms with Crippen LogP contribution in [0.2, 0.25) is 0 Å². The molecule has 1 atom stereocenters. The molecule has 1 aromatic carbocycles. The van der Waals surface area contributed by atoms with Crippen LogP contribution in [-0.4, -0.2) is 15.9 Å². The predicted molar refractivity (Wildman–Crippen MR) is 90.1 cm³/mol. The lowest BCUT2D eigenvalue weighted by Gasteiger charge is -2.18. The maximum atomic E-state index is 13.4. The van der Waals surface area contributed by atoms with Gasteiger partial charge in [-0.15, -0.1) is 0 Å². The van der Waals surface area contributed by atoms with E-state index in [4.69, 9.17) is 0 Å². The smallest absolute Gasteiger partial charge is 0.253 e. The Bertz CT molecular complexity index is 813. The molecule has 0 radical (unpaired) electrons. The van der Waals surface area contributed by atoms with E-state index in [1.807, 2.05) is 25.3 Å². The maximum absolute atomic E-state index is 13.4. The van der Waals surface area contributed by atoms with Gasteiger partial charge in [-0.1, -0.05) is 12.1 Å². The van der Waals surface area contributed by atoms with Crippen LogP contribution in [0.4, 0.5) is 4.39 Å². The number of benzene rings is 1. The Morgan fingerprint density at radius 1 is 1.29 bits per heavy atom. The number of pyridine rings is 1. The van der Waals surface area contributed by atoms with Crippen molar-refractivity contribution in [2.24, 2.45) is 0 Å². The van der Waals surface area contributed by atoms with Crippen molar-refractivity contribution in [3.63, 3.8) is 0 Å². The molecular formula is C19H18FN3O. The second-order valence-electron chi connectivity index (χ2n) is 5.69. The summed E-state index contributed by atoms with van der Waals surface area (Å²) in [6.07, 6.45) is 5.69. The van der Waals surface area contributed by atoms with Crippen LogP contribution in [-0.2, 0) is 6.42 Å². The number of hydrogen-bond acceptors (Lipinski definition) is 2. The van der Waals surface area contributed by atoms with E-state index in [1.54, 1.807) is 30.6 Å². The number of rotatable bonds is 5. The van der Waals surface area contributed by atoms with Gasteiger partial charge in [0.2, 0.25) is 0 Å². The molecule has 2 aromatic heterocycles. The molecular weight excluding hydrogens is 305 g/mol. The maximum Gasteiger partial charge on any atom is 0.253 e. The average Bonchev–Trinajstić information content (AvgIpc) is 3.09. The van der Waals surface area contributed by atoms with Gasteiger partial charge in [0.25, 0.3) is 5.91 Å². The van der Waals surface area contributed by atoms with Gasteiger partial charge in [-0.2, -0.15) is 0 Å². The normalized spacial score (nSPS) is 11.9. The Morgan fingerprint density at radius 2 is 2.17 bits per heavy atom. The number of carbonyl (C=O) groups is 1. The van der Waals surface area contributed by atoms with Gasteiger partial charge in [-0.3, -0.25) is 9.78 Å². The number of aromatic amines is 1. The lowest BCUT2D eigenvalue weighted by Crippen LogP contribution is -2.29. The van der Waals surface area contributed by atoms with Gasteiger partial charge in [0.05, 0.1) is 11.6 Å². The van der Waals surface area contributed by atoms with Crippen molar-refractivity contribution < 1.29 is 9.18 Å². The molecule has 0 saturated heterocycles. The third-order valence-electron chi connectivity index (χ3n) is 3.83. The molecule has 2 heterocycles. The van der Waals surface area contributed by atoms with Crippen molar-refractivity contribution in [3.05, 3.63) is 89.3 Å². The lowest BCUT2D eigenvalue weighted by molar-refractivity contribution is 0.0936. The fourth-order valence-electron chi connectivity index (χ4n) is 2.55. The Hall–Kier alpha value is -2.95. The molecule has 0 spiro atoms. The summed E-state index contributed by atoms with van der Waals surface area (Å²) in [5.41, 5.74) is 3.12. The summed E-state index contributed by atoms with van der Waals surface area (Å²) in [6.45, 7) is 1.87. The number of nitrogens with one attached hydrogen (secondary N) is 2. The van der Waals surface area contributed by atoms with Crippen LogP contribution in [0.25, 0.3) is 0 Å². The number of aryl methyl sites for hydroxylation is 1. The van der Waals surface area contributed by atoms with Crippen LogP contribution < -0.4 is 5.32 Å². The second-order valence-corrected chi connectivity index (χ2v) is 5.69. The van der Waals surface area contributed by atoms with Crippen molar-refractivity contribution in [1.29, 1.82) is 0 Å². The monoisotopic (exact) mass is 323 g/mol. The predicted octanol–water partition coefficient (Wildman–Crippen LogP) is 3.57. The summed E-state index contributed by atoms with van der Waals surface area (Å²) in [5.74, 6) is -0.487. The average molecular weight is 323 g/mol. The first-order valence-corrected chi connectivity index (χ1v) is 7.72. The number of carbonyl (C=O) groups excluding carboxylic acids is 1. The van der Waals surface area contributed by atoms with E-state index in [-0.39, 0.29) is 17.8 Å². The zero-order valence-electron chi connectivity index (χ0n) is 13.3. The molecule has 3 aromatic rings. The van der Waals surface area contributed by atoms with Crippen molar-refractivity contribution in [2.75, 3.05) is 0 Å². The summed E-state index contributed by atoms with van der Waals surface area (Å²) in [5, 5.41) is 3.00. The first-order chi connectivity index (χ1) is 11.6. The van der Waals surface area contributed by atoms with E-state index in [9.17, 15) is 9.18 Å². The number of amides is 1. The van der Waals surface area contributed by atoms with Crippen molar-refractivity contribution in [2.45, 2.75) is 19.4 Å². The molecule has 2 N–H and O–H groups in total. The topological polar surface area (TPSA) is 57.8 Å². The minimum atomic E-state index is -0.283. The summed E-state index contributed by atoms with van der Waals surface area (Å²) in [7, 11) is 0. The Labute approximate surface area is 139 Å². The third kappa shape index (κ3) is 3.87. The van der Waals surface area contributed by atoms with Crippen molar-refractivity contribution >= 4 is 5.91 Å². The Kier molecular flexibility index (Phi) is 4.70. The molecule has 1 amide bonds. The van der Waals surface area contributed by atoms with Crippen LogP contribution in [0.15, 0.2) is 61.1 Å². The summed E-state index contributed by atoms with van der Waals surface area (Å²) >= 11 is 0. The van der Waals surface area contributed by atoms with Gasteiger partial charge < -0.3 is 10.3 Å². The molecule has 0 aliphatic rings. The van der Waals surface area contributed by atoms with Crippen LogP contribution in [0.5, 0.6) is 0 Å². The molecule has 0 aliphatic carbocycles. The quantitative estimate of drug-likeness (QED) is 0.754. The lowest BCUT2D eigenvalue weighted by atomic mass is 10.0. The third-order valence-corrected chi connectivity index (χ3v) is 3.83. The minimum Gasteiger partial charge on any atom is -0.367 e. The number of H-pyrrole nitrogens is 1. The molecule has 0 fully saturated rings. The van der Waals surface area contributed by atoms with E-state index in [0.717, 1.165) is 16.8 Å². The second kappa shape index (κ2) is 7.08. The molecule has 0 bridgehead atoms. The SMILES string of the molecule is Cc1ccc(C(=O)NC(Cc2cccc(F)c2)c2cc[nH]c2)cn1. The highest BCUT2D eigenvalue weighted by Gasteiger charge is 2.17. The van der Waals surface area contributed by atoms with Gasteiger partial charge in [0.15, 0.2) is 0 Å². The number of hydrogen-bond donors (Lipinski definition) is 2.